The van der Waals surface area contributed by atoms with Crippen molar-refractivity contribution in [2.75, 3.05) is 10.7 Å². The molecule has 21 heavy (non-hydrogen) atoms. The molecule has 0 bridgehead atoms. The first-order valence-electron chi connectivity index (χ1n) is 7.11. The third-order valence-electron chi connectivity index (χ3n) is 3.59. The van der Waals surface area contributed by atoms with E-state index in [0.29, 0.717) is 5.82 Å². The second kappa shape index (κ2) is 6.10. The SMILES string of the molecule is Cc1ccc(Nc2nc(C(C)C)nc(NN)c2C)cc1C. The van der Waals surface area contributed by atoms with Crippen LogP contribution in [0.2, 0.25) is 0 Å². The van der Waals surface area contributed by atoms with Crippen LogP contribution in [0.3, 0.4) is 0 Å². The van der Waals surface area contributed by atoms with Crippen LogP contribution in [0.15, 0.2) is 18.2 Å². The zero-order valence-electron chi connectivity index (χ0n) is 13.3. The number of nitrogens with zero attached hydrogens (tertiary/aromatic N) is 2. The molecule has 0 fully saturated rings. The van der Waals surface area contributed by atoms with Gasteiger partial charge in [-0.2, -0.15) is 0 Å². The number of anilines is 3. The van der Waals surface area contributed by atoms with Crippen LogP contribution in [0.4, 0.5) is 17.3 Å². The van der Waals surface area contributed by atoms with E-state index in [2.05, 4.69) is 66.6 Å². The molecule has 5 nitrogen and oxygen atoms in total. The molecule has 5 heteroatoms. The minimum atomic E-state index is 0.234. The van der Waals surface area contributed by atoms with Crippen LogP contribution >= 0.6 is 0 Å². The van der Waals surface area contributed by atoms with Crippen molar-refractivity contribution in [1.29, 1.82) is 0 Å². The predicted molar refractivity (Wildman–Crippen MR) is 87.9 cm³/mol. The van der Waals surface area contributed by atoms with E-state index in [1.54, 1.807) is 0 Å². The maximum absolute atomic E-state index is 5.56. The highest BCUT2D eigenvalue weighted by molar-refractivity contribution is 5.65. The number of aryl methyl sites for hydroxylation is 2. The summed E-state index contributed by atoms with van der Waals surface area (Å²) in [6, 6.07) is 6.26. The molecule has 4 N–H and O–H groups in total. The van der Waals surface area contributed by atoms with Gasteiger partial charge >= 0.3 is 0 Å². The Balaban J connectivity index is 2.42. The Morgan fingerprint density at radius 2 is 1.67 bits per heavy atom. The van der Waals surface area contributed by atoms with Crippen LogP contribution in [0, 0.1) is 20.8 Å². The predicted octanol–water partition coefficient (Wildman–Crippen LogP) is 3.55. The van der Waals surface area contributed by atoms with Gasteiger partial charge in [-0.05, 0) is 44.0 Å². The highest BCUT2D eigenvalue weighted by Crippen LogP contribution is 2.26. The number of hydrazine groups is 1. The van der Waals surface area contributed by atoms with Crippen LogP contribution in [0.5, 0.6) is 0 Å². The van der Waals surface area contributed by atoms with E-state index in [-0.39, 0.29) is 5.92 Å². The number of rotatable bonds is 4. The van der Waals surface area contributed by atoms with E-state index in [1.807, 2.05) is 6.92 Å². The summed E-state index contributed by atoms with van der Waals surface area (Å²) in [7, 11) is 0. The average Bonchev–Trinajstić information content (AvgIpc) is 2.44. The average molecular weight is 285 g/mol. The van der Waals surface area contributed by atoms with Gasteiger partial charge in [-0.1, -0.05) is 19.9 Å². The zero-order chi connectivity index (χ0) is 15.6. The van der Waals surface area contributed by atoms with Crippen molar-refractivity contribution in [3.63, 3.8) is 0 Å². The summed E-state index contributed by atoms with van der Waals surface area (Å²) in [5, 5.41) is 3.36. The summed E-state index contributed by atoms with van der Waals surface area (Å²) in [6.45, 7) is 10.3. The minimum Gasteiger partial charge on any atom is -0.340 e. The molecule has 2 rings (SSSR count). The van der Waals surface area contributed by atoms with E-state index in [0.717, 1.165) is 22.9 Å². The van der Waals surface area contributed by atoms with Crippen LogP contribution in [0.25, 0.3) is 0 Å². The summed E-state index contributed by atoms with van der Waals surface area (Å²) in [5.41, 5.74) is 7.07. The summed E-state index contributed by atoms with van der Waals surface area (Å²) in [6.07, 6.45) is 0. The van der Waals surface area contributed by atoms with Crippen molar-refractivity contribution in [3.05, 3.63) is 40.7 Å². The maximum atomic E-state index is 5.56. The lowest BCUT2D eigenvalue weighted by Crippen LogP contribution is -2.14. The van der Waals surface area contributed by atoms with Crippen molar-refractivity contribution >= 4 is 17.3 Å². The molecule has 0 saturated heterocycles. The van der Waals surface area contributed by atoms with Gasteiger partial charge < -0.3 is 10.7 Å². The number of hydrogen-bond acceptors (Lipinski definition) is 5. The second-order valence-corrected chi connectivity index (χ2v) is 5.63. The van der Waals surface area contributed by atoms with Crippen molar-refractivity contribution in [2.24, 2.45) is 5.84 Å². The minimum absolute atomic E-state index is 0.234. The molecule has 112 valence electrons. The number of nitrogens with two attached hydrogens (primary N) is 1. The third kappa shape index (κ3) is 3.31. The summed E-state index contributed by atoms with van der Waals surface area (Å²) >= 11 is 0. The topological polar surface area (TPSA) is 75.9 Å². The molecule has 1 heterocycles. The lowest BCUT2D eigenvalue weighted by molar-refractivity contribution is 0.774. The van der Waals surface area contributed by atoms with Gasteiger partial charge in [-0.3, -0.25) is 0 Å². The van der Waals surface area contributed by atoms with Gasteiger partial charge in [0, 0.05) is 17.2 Å². The molecule has 0 unspecified atom stereocenters. The van der Waals surface area contributed by atoms with Gasteiger partial charge in [-0.25, -0.2) is 15.8 Å². The maximum Gasteiger partial charge on any atom is 0.148 e. The van der Waals surface area contributed by atoms with E-state index >= 15 is 0 Å². The molecule has 0 amide bonds. The normalized spacial score (nSPS) is 10.8. The molecular formula is C16H23N5. The van der Waals surface area contributed by atoms with Gasteiger partial charge in [0.25, 0.3) is 0 Å². The summed E-state index contributed by atoms with van der Waals surface area (Å²) < 4.78 is 0. The lowest BCUT2D eigenvalue weighted by atomic mass is 10.1. The Morgan fingerprint density at radius 3 is 2.24 bits per heavy atom. The molecule has 0 aliphatic carbocycles. The van der Waals surface area contributed by atoms with Gasteiger partial charge in [0.15, 0.2) is 0 Å². The molecular weight excluding hydrogens is 262 g/mol. The van der Waals surface area contributed by atoms with Gasteiger partial charge in [0.2, 0.25) is 0 Å². The molecule has 1 aromatic carbocycles. The largest absolute Gasteiger partial charge is 0.340 e. The van der Waals surface area contributed by atoms with Crippen LogP contribution in [-0.4, -0.2) is 9.97 Å². The lowest BCUT2D eigenvalue weighted by Gasteiger charge is -2.15. The van der Waals surface area contributed by atoms with Crippen molar-refractivity contribution < 1.29 is 0 Å². The fourth-order valence-corrected chi connectivity index (χ4v) is 2.01. The first kappa shape index (κ1) is 15.3. The van der Waals surface area contributed by atoms with Gasteiger partial charge in [-0.15, -0.1) is 0 Å². The monoisotopic (exact) mass is 285 g/mol. The van der Waals surface area contributed by atoms with E-state index in [9.17, 15) is 0 Å². The van der Waals surface area contributed by atoms with E-state index in [4.69, 9.17) is 5.84 Å². The Bertz CT molecular complexity index is 649. The summed E-state index contributed by atoms with van der Waals surface area (Å²) in [5.74, 6) is 7.99. The first-order valence-corrected chi connectivity index (χ1v) is 7.11. The van der Waals surface area contributed by atoms with Crippen LogP contribution < -0.4 is 16.6 Å². The number of benzene rings is 1. The standard InChI is InChI=1S/C16H23N5/c1-9(2)14-19-15(12(5)16(20-14)21-17)18-13-7-6-10(3)11(4)8-13/h6-9H,17H2,1-5H3,(H2,18,19,20,21). The Hall–Kier alpha value is -2.14. The molecule has 2 aromatic rings. The van der Waals surface area contributed by atoms with Gasteiger partial charge in [0.1, 0.15) is 17.5 Å². The molecule has 0 saturated carbocycles. The fourth-order valence-electron chi connectivity index (χ4n) is 2.01. The molecule has 0 atom stereocenters. The van der Waals surface area contributed by atoms with Gasteiger partial charge in [0.05, 0.1) is 0 Å². The number of aromatic nitrogens is 2. The van der Waals surface area contributed by atoms with E-state index < -0.39 is 0 Å². The molecule has 0 radical (unpaired) electrons. The van der Waals surface area contributed by atoms with Crippen molar-refractivity contribution in [2.45, 2.75) is 40.5 Å². The fraction of sp³-hybridized carbons (Fsp3) is 0.375. The molecule has 0 spiro atoms. The number of nitrogens with one attached hydrogen (secondary N) is 2. The highest BCUT2D eigenvalue weighted by atomic mass is 15.3. The first-order chi connectivity index (χ1) is 9.92. The third-order valence-corrected chi connectivity index (χ3v) is 3.59. The molecule has 0 aliphatic heterocycles. The summed E-state index contributed by atoms with van der Waals surface area (Å²) in [4.78, 5) is 9.05. The number of nitrogen functional groups attached to an aromatic ring is 1. The molecule has 0 aliphatic rings. The number of hydrogen-bond donors (Lipinski definition) is 3. The second-order valence-electron chi connectivity index (χ2n) is 5.63. The zero-order valence-corrected chi connectivity index (χ0v) is 13.3. The van der Waals surface area contributed by atoms with Crippen molar-refractivity contribution in [3.8, 4) is 0 Å². The van der Waals surface area contributed by atoms with Crippen LogP contribution in [-0.2, 0) is 0 Å². The highest BCUT2D eigenvalue weighted by Gasteiger charge is 2.13. The Labute approximate surface area is 126 Å². The van der Waals surface area contributed by atoms with Crippen LogP contribution in [0.1, 0.15) is 42.3 Å². The van der Waals surface area contributed by atoms with Crippen molar-refractivity contribution in [1.82, 2.24) is 9.97 Å². The van der Waals surface area contributed by atoms with E-state index in [1.165, 1.54) is 11.1 Å². The smallest absolute Gasteiger partial charge is 0.148 e. The Kier molecular flexibility index (Phi) is 4.43. The Morgan fingerprint density at radius 1 is 1.00 bits per heavy atom. The molecule has 1 aromatic heterocycles. The quantitative estimate of drug-likeness (QED) is 0.591.